The SMILES string of the molecule is COC1(C)CCC2(CC1)Oc1ccc(-c3cncnc3)cc1C21C=C(F)C(N)=N1. The predicted octanol–water partition coefficient (Wildman–Crippen LogP) is 3.67. The van der Waals surface area contributed by atoms with Gasteiger partial charge in [-0.2, -0.15) is 0 Å². The van der Waals surface area contributed by atoms with Crippen molar-refractivity contribution in [1.82, 2.24) is 9.97 Å². The van der Waals surface area contributed by atoms with E-state index in [1.54, 1.807) is 19.5 Å². The minimum absolute atomic E-state index is 0.0747. The minimum Gasteiger partial charge on any atom is -0.484 e. The number of methoxy groups -OCH3 is 1. The molecule has 0 radical (unpaired) electrons. The molecule has 1 atom stereocenters. The number of hydrogen-bond donors (Lipinski definition) is 1. The lowest BCUT2D eigenvalue weighted by molar-refractivity contribution is -0.0900. The fourth-order valence-corrected chi connectivity index (χ4v) is 4.85. The van der Waals surface area contributed by atoms with Crippen LogP contribution in [0.2, 0.25) is 0 Å². The van der Waals surface area contributed by atoms with Crippen molar-refractivity contribution in [1.29, 1.82) is 0 Å². The molecule has 2 aromatic rings. The summed E-state index contributed by atoms with van der Waals surface area (Å²) in [5, 5.41) is 0. The molecule has 3 aliphatic rings. The quantitative estimate of drug-likeness (QED) is 0.840. The van der Waals surface area contributed by atoms with Gasteiger partial charge in [-0.1, -0.05) is 6.07 Å². The fraction of sp³-hybridized carbons (Fsp3) is 0.409. The summed E-state index contributed by atoms with van der Waals surface area (Å²) in [6.07, 6.45) is 9.50. The maximum absolute atomic E-state index is 14.6. The Morgan fingerprint density at radius 2 is 1.83 bits per heavy atom. The second-order valence-electron chi connectivity index (χ2n) is 8.34. The van der Waals surface area contributed by atoms with Gasteiger partial charge in [0.25, 0.3) is 0 Å². The van der Waals surface area contributed by atoms with Crippen LogP contribution in [0.25, 0.3) is 11.1 Å². The Morgan fingerprint density at radius 1 is 1.10 bits per heavy atom. The average Bonchev–Trinajstić information content (AvgIpc) is 3.19. The van der Waals surface area contributed by atoms with Gasteiger partial charge >= 0.3 is 0 Å². The van der Waals surface area contributed by atoms with Crippen molar-refractivity contribution >= 4 is 5.84 Å². The van der Waals surface area contributed by atoms with Crippen LogP contribution in [0.1, 0.15) is 38.2 Å². The molecule has 1 aliphatic carbocycles. The Morgan fingerprint density at radius 3 is 2.45 bits per heavy atom. The van der Waals surface area contributed by atoms with Crippen LogP contribution in [-0.4, -0.2) is 34.1 Å². The zero-order valence-corrected chi connectivity index (χ0v) is 16.5. The summed E-state index contributed by atoms with van der Waals surface area (Å²) in [5.74, 6) is 0.151. The lowest BCUT2D eigenvalue weighted by Gasteiger charge is -2.46. The third-order valence-electron chi connectivity index (χ3n) is 6.77. The normalized spacial score (nSPS) is 32.8. The Bertz CT molecular complexity index is 1010. The van der Waals surface area contributed by atoms with Crippen LogP contribution in [0.15, 0.2) is 53.8 Å². The van der Waals surface area contributed by atoms with E-state index in [-0.39, 0.29) is 11.4 Å². The van der Waals surface area contributed by atoms with Gasteiger partial charge in [-0.3, -0.25) is 0 Å². The molecule has 150 valence electrons. The van der Waals surface area contributed by atoms with Crippen molar-refractivity contribution in [3.8, 4) is 16.9 Å². The first-order valence-electron chi connectivity index (χ1n) is 9.79. The van der Waals surface area contributed by atoms with Gasteiger partial charge in [-0.25, -0.2) is 19.4 Å². The number of nitrogens with zero attached hydrogens (tertiary/aromatic N) is 3. The van der Waals surface area contributed by atoms with Crippen molar-refractivity contribution in [2.24, 2.45) is 10.7 Å². The smallest absolute Gasteiger partial charge is 0.163 e. The van der Waals surface area contributed by atoms with E-state index in [0.29, 0.717) is 18.6 Å². The molecule has 1 unspecified atom stereocenters. The number of amidine groups is 1. The molecule has 1 aromatic heterocycles. The topological polar surface area (TPSA) is 82.6 Å². The van der Waals surface area contributed by atoms with Crippen LogP contribution < -0.4 is 10.5 Å². The summed E-state index contributed by atoms with van der Waals surface area (Å²) in [4.78, 5) is 12.9. The van der Waals surface area contributed by atoms with Crippen molar-refractivity contribution < 1.29 is 13.9 Å². The lowest BCUT2D eigenvalue weighted by atomic mass is 9.66. The summed E-state index contributed by atoms with van der Waals surface area (Å²) < 4.78 is 26.8. The zero-order chi connectivity index (χ0) is 20.3. The molecule has 3 heterocycles. The number of ether oxygens (including phenoxy) is 2. The Balaban J connectivity index is 1.65. The highest BCUT2D eigenvalue weighted by molar-refractivity contribution is 5.98. The second kappa shape index (κ2) is 6.10. The van der Waals surface area contributed by atoms with Crippen molar-refractivity contribution in [2.45, 2.75) is 49.3 Å². The molecule has 2 aliphatic heterocycles. The van der Waals surface area contributed by atoms with Gasteiger partial charge in [0.1, 0.15) is 17.7 Å². The molecule has 7 heteroatoms. The summed E-state index contributed by atoms with van der Waals surface area (Å²) in [7, 11) is 1.73. The monoisotopic (exact) mass is 394 g/mol. The van der Waals surface area contributed by atoms with Gasteiger partial charge < -0.3 is 15.2 Å². The highest BCUT2D eigenvalue weighted by Gasteiger charge is 2.63. The van der Waals surface area contributed by atoms with Gasteiger partial charge in [-0.05, 0) is 56.4 Å². The number of nitrogens with two attached hydrogens (primary N) is 1. The van der Waals surface area contributed by atoms with Crippen LogP contribution in [0.3, 0.4) is 0 Å². The number of fused-ring (bicyclic) bond motifs is 3. The Kier molecular flexibility index (Phi) is 3.84. The molecule has 1 aromatic carbocycles. The van der Waals surface area contributed by atoms with Gasteiger partial charge in [-0.15, -0.1) is 0 Å². The summed E-state index contributed by atoms with van der Waals surface area (Å²) >= 11 is 0. The van der Waals surface area contributed by atoms with E-state index < -0.39 is 17.0 Å². The molecular formula is C22H23FN4O2. The van der Waals surface area contributed by atoms with Crippen LogP contribution in [0.5, 0.6) is 5.75 Å². The van der Waals surface area contributed by atoms with Crippen LogP contribution in [-0.2, 0) is 10.3 Å². The lowest BCUT2D eigenvalue weighted by Crippen LogP contribution is -2.54. The molecule has 6 nitrogen and oxygen atoms in total. The number of aromatic nitrogens is 2. The Labute approximate surface area is 168 Å². The third kappa shape index (κ3) is 2.53. The van der Waals surface area contributed by atoms with Gasteiger partial charge in [0.05, 0.1) is 5.60 Å². The minimum atomic E-state index is -0.975. The third-order valence-corrected chi connectivity index (χ3v) is 6.77. The first kappa shape index (κ1) is 18.2. The second-order valence-corrected chi connectivity index (χ2v) is 8.34. The molecule has 1 fully saturated rings. The van der Waals surface area contributed by atoms with E-state index in [4.69, 9.17) is 15.2 Å². The molecule has 0 bridgehead atoms. The van der Waals surface area contributed by atoms with E-state index in [1.165, 1.54) is 12.4 Å². The van der Waals surface area contributed by atoms with Crippen molar-refractivity contribution in [2.75, 3.05) is 7.11 Å². The molecule has 5 rings (SSSR count). The maximum atomic E-state index is 14.6. The molecule has 0 amide bonds. The van der Waals surface area contributed by atoms with E-state index in [9.17, 15) is 4.39 Å². The summed E-state index contributed by atoms with van der Waals surface area (Å²) in [6, 6.07) is 5.89. The highest BCUT2D eigenvalue weighted by Crippen LogP contribution is 2.60. The standard InChI is InChI=1S/C22H23FN4O2/c1-20(28-2)5-7-21(8-6-20)22(10-17(23)19(24)27-22)16-9-14(3-4-18(16)29-21)15-11-25-13-26-12-15/h3-4,9-13H,5-8H2,1-2H3,(H2,24,27). The van der Waals surface area contributed by atoms with Crippen LogP contribution in [0, 0.1) is 0 Å². The fourth-order valence-electron chi connectivity index (χ4n) is 4.85. The number of rotatable bonds is 2. The number of benzene rings is 1. The van der Waals surface area contributed by atoms with E-state index in [2.05, 4.69) is 21.9 Å². The molecule has 29 heavy (non-hydrogen) atoms. The molecule has 2 N–H and O–H groups in total. The molecule has 0 saturated heterocycles. The van der Waals surface area contributed by atoms with Crippen molar-refractivity contribution in [3.05, 3.63) is 54.4 Å². The molecule has 2 spiro atoms. The number of aliphatic imine (C=N–C) groups is 1. The summed E-state index contributed by atoms with van der Waals surface area (Å²) in [6.45, 7) is 2.10. The molecular weight excluding hydrogens is 371 g/mol. The van der Waals surface area contributed by atoms with Crippen LogP contribution >= 0.6 is 0 Å². The van der Waals surface area contributed by atoms with Gasteiger partial charge in [0, 0.05) is 30.6 Å². The largest absolute Gasteiger partial charge is 0.484 e. The van der Waals surface area contributed by atoms with E-state index in [0.717, 1.165) is 29.5 Å². The number of halogens is 1. The predicted molar refractivity (Wildman–Crippen MR) is 107 cm³/mol. The Hall–Kier alpha value is -2.80. The van der Waals surface area contributed by atoms with Crippen molar-refractivity contribution in [3.63, 3.8) is 0 Å². The van der Waals surface area contributed by atoms with Crippen LogP contribution in [0.4, 0.5) is 4.39 Å². The molecule has 1 saturated carbocycles. The zero-order valence-electron chi connectivity index (χ0n) is 16.5. The first-order chi connectivity index (χ1) is 13.9. The average molecular weight is 394 g/mol. The van der Waals surface area contributed by atoms with E-state index in [1.807, 2.05) is 18.2 Å². The highest BCUT2D eigenvalue weighted by atomic mass is 19.1. The summed E-state index contributed by atoms with van der Waals surface area (Å²) in [5.41, 5.74) is 6.67. The van der Waals surface area contributed by atoms with Gasteiger partial charge in [0.15, 0.2) is 17.2 Å². The number of hydrogen-bond acceptors (Lipinski definition) is 6. The first-order valence-corrected chi connectivity index (χ1v) is 9.79. The van der Waals surface area contributed by atoms with E-state index >= 15 is 0 Å². The maximum Gasteiger partial charge on any atom is 0.163 e. The van der Waals surface area contributed by atoms with Gasteiger partial charge in [0.2, 0.25) is 0 Å².